The van der Waals surface area contributed by atoms with E-state index in [0.29, 0.717) is 16.5 Å². The van der Waals surface area contributed by atoms with E-state index in [1.54, 1.807) is 38.2 Å². The van der Waals surface area contributed by atoms with Gasteiger partial charge in [0.25, 0.3) is 5.91 Å². The lowest BCUT2D eigenvalue weighted by molar-refractivity contribution is -0.139. The first-order valence-electron chi connectivity index (χ1n) is 9.82. The fourth-order valence-corrected chi connectivity index (χ4v) is 3.36. The van der Waals surface area contributed by atoms with Crippen LogP contribution in [0.4, 0.5) is 11.4 Å². The van der Waals surface area contributed by atoms with Gasteiger partial charge in [0.15, 0.2) is 6.10 Å². The normalized spacial score (nSPS) is 14.7. The van der Waals surface area contributed by atoms with Crippen LogP contribution in [-0.2, 0) is 14.3 Å². The van der Waals surface area contributed by atoms with Crippen molar-refractivity contribution >= 4 is 34.8 Å². The van der Waals surface area contributed by atoms with Gasteiger partial charge in [-0.15, -0.1) is 0 Å². The summed E-state index contributed by atoms with van der Waals surface area (Å²) in [6.07, 6.45) is -0.742. The Balaban J connectivity index is 1.49. The van der Waals surface area contributed by atoms with E-state index in [0.717, 1.165) is 32.0 Å². The van der Waals surface area contributed by atoms with E-state index in [1.165, 1.54) is 4.90 Å². The number of nitrogens with zero attached hydrogens (tertiary/aromatic N) is 2. The summed E-state index contributed by atoms with van der Waals surface area (Å²) in [5, 5.41) is 3.35. The van der Waals surface area contributed by atoms with Crippen LogP contribution < -0.4 is 15.0 Å². The van der Waals surface area contributed by atoms with Crippen LogP contribution in [0.3, 0.4) is 0 Å². The fraction of sp³-hybridized carbons (Fsp3) is 0.364. The molecule has 0 unspecified atom stereocenters. The summed E-state index contributed by atoms with van der Waals surface area (Å²) in [6, 6.07) is 14.5. The number of likely N-dealkylation sites (N-methyl/N-ethyl adjacent to an activating group) is 1. The summed E-state index contributed by atoms with van der Waals surface area (Å²) in [5.41, 5.74) is 1.77. The molecule has 0 bridgehead atoms. The Bertz CT molecular complexity index is 869. The molecule has 160 valence electrons. The molecule has 1 fully saturated rings. The summed E-state index contributed by atoms with van der Waals surface area (Å²) in [5.74, 6) is -0.0747. The van der Waals surface area contributed by atoms with Gasteiger partial charge < -0.3 is 24.6 Å². The van der Waals surface area contributed by atoms with Crippen molar-refractivity contribution in [3.8, 4) is 5.75 Å². The summed E-state index contributed by atoms with van der Waals surface area (Å²) in [4.78, 5) is 28.4. The number of rotatable bonds is 7. The van der Waals surface area contributed by atoms with Crippen molar-refractivity contribution in [2.24, 2.45) is 0 Å². The Hall–Kier alpha value is -2.77. The van der Waals surface area contributed by atoms with E-state index in [-0.39, 0.29) is 18.4 Å². The van der Waals surface area contributed by atoms with Crippen LogP contribution in [0.1, 0.15) is 6.92 Å². The average molecular weight is 432 g/mol. The summed E-state index contributed by atoms with van der Waals surface area (Å²) < 4.78 is 11.0. The summed E-state index contributed by atoms with van der Waals surface area (Å²) in [6.45, 7) is 4.72. The first kappa shape index (κ1) is 21.9. The predicted octanol–water partition coefficient (Wildman–Crippen LogP) is 3.04. The van der Waals surface area contributed by atoms with Gasteiger partial charge >= 0.3 is 0 Å². The number of anilines is 2. The standard InChI is InChI=1S/C22H26ClN3O4/c1-16(30-20-5-3-4-17(23)14-20)22(28)25(2)15-21(27)24-18-6-8-19(9-7-18)26-10-12-29-13-11-26/h3-9,14,16H,10-13,15H2,1-2H3,(H,24,27)/t16-/m1/s1. The second-order valence-corrected chi connectivity index (χ2v) is 7.54. The molecule has 7 nitrogen and oxygen atoms in total. The lowest BCUT2D eigenvalue weighted by Gasteiger charge is -2.29. The highest BCUT2D eigenvalue weighted by Crippen LogP contribution is 2.20. The average Bonchev–Trinajstić information content (AvgIpc) is 2.74. The Morgan fingerprint density at radius 2 is 1.90 bits per heavy atom. The van der Waals surface area contributed by atoms with Gasteiger partial charge in [-0.25, -0.2) is 0 Å². The topological polar surface area (TPSA) is 71.1 Å². The van der Waals surface area contributed by atoms with Crippen molar-refractivity contribution in [2.75, 3.05) is 50.1 Å². The molecule has 0 aliphatic carbocycles. The zero-order valence-electron chi connectivity index (χ0n) is 17.1. The molecular weight excluding hydrogens is 406 g/mol. The first-order chi connectivity index (χ1) is 14.4. The molecule has 2 aromatic rings. The highest BCUT2D eigenvalue weighted by molar-refractivity contribution is 6.30. The fourth-order valence-electron chi connectivity index (χ4n) is 3.18. The summed E-state index contributed by atoms with van der Waals surface area (Å²) in [7, 11) is 1.57. The monoisotopic (exact) mass is 431 g/mol. The van der Waals surface area contributed by atoms with Crippen molar-refractivity contribution in [2.45, 2.75) is 13.0 Å². The SMILES string of the molecule is C[C@@H](Oc1cccc(Cl)c1)C(=O)N(C)CC(=O)Nc1ccc(N2CCOCC2)cc1. The second-order valence-electron chi connectivity index (χ2n) is 7.11. The zero-order chi connectivity index (χ0) is 21.5. The molecule has 2 amide bonds. The number of hydrogen-bond acceptors (Lipinski definition) is 5. The van der Waals surface area contributed by atoms with Gasteiger partial charge in [-0.2, -0.15) is 0 Å². The molecule has 0 saturated carbocycles. The predicted molar refractivity (Wildman–Crippen MR) is 117 cm³/mol. The first-order valence-corrected chi connectivity index (χ1v) is 10.2. The largest absolute Gasteiger partial charge is 0.481 e. The number of nitrogens with one attached hydrogen (secondary N) is 1. The van der Waals surface area contributed by atoms with Crippen LogP contribution in [-0.4, -0.2) is 62.7 Å². The van der Waals surface area contributed by atoms with Gasteiger partial charge in [0.2, 0.25) is 5.91 Å². The van der Waals surface area contributed by atoms with E-state index in [9.17, 15) is 9.59 Å². The summed E-state index contributed by atoms with van der Waals surface area (Å²) >= 11 is 5.93. The van der Waals surface area contributed by atoms with Crippen LogP contribution in [0.15, 0.2) is 48.5 Å². The molecule has 1 aliphatic rings. The molecule has 1 aliphatic heterocycles. The third kappa shape index (κ3) is 6.11. The van der Waals surface area contributed by atoms with E-state index in [4.69, 9.17) is 21.1 Å². The Kier molecular flexibility index (Phi) is 7.54. The highest BCUT2D eigenvalue weighted by Gasteiger charge is 2.21. The molecule has 1 saturated heterocycles. The Labute approximate surface area is 181 Å². The van der Waals surface area contributed by atoms with Crippen LogP contribution in [0.5, 0.6) is 5.75 Å². The molecule has 1 N–H and O–H groups in total. The van der Waals surface area contributed by atoms with Crippen molar-refractivity contribution in [1.82, 2.24) is 4.90 Å². The van der Waals surface area contributed by atoms with Crippen molar-refractivity contribution < 1.29 is 19.1 Å². The maximum Gasteiger partial charge on any atom is 0.263 e. The van der Waals surface area contributed by atoms with Crippen LogP contribution >= 0.6 is 11.6 Å². The van der Waals surface area contributed by atoms with Crippen LogP contribution in [0.2, 0.25) is 5.02 Å². The van der Waals surface area contributed by atoms with Crippen LogP contribution in [0.25, 0.3) is 0 Å². The molecule has 30 heavy (non-hydrogen) atoms. The highest BCUT2D eigenvalue weighted by atomic mass is 35.5. The quantitative estimate of drug-likeness (QED) is 0.729. The van der Waals surface area contributed by atoms with Crippen molar-refractivity contribution in [1.29, 1.82) is 0 Å². The van der Waals surface area contributed by atoms with E-state index >= 15 is 0 Å². The number of ether oxygens (including phenoxy) is 2. The van der Waals surface area contributed by atoms with E-state index < -0.39 is 6.10 Å². The molecule has 1 atom stereocenters. The van der Waals surface area contributed by atoms with Crippen molar-refractivity contribution in [3.05, 3.63) is 53.6 Å². The minimum atomic E-state index is -0.742. The van der Waals surface area contributed by atoms with Gasteiger partial charge in [0.05, 0.1) is 19.8 Å². The number of hydrogen-bond donors (Lipinski definition) is 1. The second kappa shape index (κ2) is 10.3. The number of halogens is 1. The lowest BCUT2D eigenvalue weighted by Crippen LogP contribution is -2.42. The van der Waals surface area contributed by atoms with Gasteiger partial charge in [-0.05, 0) is 49.4 Å². The third-order valence-electron chi connectivity index (χ3n) is 4.74. The molecule has 0 aromatic heterocycles. The lowest BCUT2D eigenvalue weighted by atomic mass is 10.2. The van der Waals surface area contributed by atoms with Gasteiger partial charge in [-0.3, -0.25) is 9.59 Å². The minimum Gasteiger partial charge on any atom is -0.481 e. The Morgan fingerprint density at radius 1 is 1.20 bits per heavy atom. The molecule has 0 radical (unpaired) electrons. The zero-order valence-corrected chi connectivity index (χ0v) is 17.9. The van der Waals surface area contributed by atoms with Gasteiger partial charge in [-0.1, -0.05) is 17.7 Å². The number of amides is 2. The Morgan fingerprint density at radius 3 is 2.57 bits per heavy atom. The van der Waals surface area contributed by atoms with E-state index in [2.05, 4.69) is 10.2 Å². The molecule has 8 heteroatoms. The third-order valence-corrected chi connectivity index (χ3v) is 4.98. The number of morpholine rings is 1. The molecule has 1 heterocycles. The van der Waals surface area contributed by atoms with Crippen molar-refractivity contribution in [3.63, 3.8) is 0 Å². The molecule has 0 spiro atoms. The van der Waals surface area contributed by atoms with E-state index in [1.807, 2.05) is 24.3 Å². The maximum atomic E-state index is 12.5. The number of carbonyl (C=O) groups excluding carboxylic acids is 2. The molecule has 2 aromatic carbocycles. The number of carbonyl (C=O) groups is 2. The van der Waals surface area contributed by atoms with Crippen LogP contribution in [0, 0.1) is 0 Å². The number of benzene rings is 2. The minimum absolute atomic E-state index is 0.0761. The molecule has 3 rings (SSSR count). The smallest absolute Gasteiger partial charge is 0.263 e. The molecular formula is C22H26ClN3O4. The van der Waals surface area contributed by atoms with Gasteiger partial charge in [0.1, 0.15) is 5.75 Å². The maximum absolute atomic E-state index is 12.5. The van der Waals surface area contributed by atoms with Gasteiger partial charge in [0, 0.05) is 36.5 Å².